The van der Waals surface area contributed by atoms with E-state index in [1.807, 2.05) is 27.7 Å². The maximum absolute atomic E-state index is 12.2. The molecule has 0 N–H and O–H groups in total. The van der Waals surface area contributed by atoms with Gasteiger partial charge in [0.1, 0.15) is 13.2 Å². The van der Waals surface area contributed by atoms with Gasteiger partial charge in [0.05, 0.1) is 5.92 Å². The van der Waals surface area contributed by atoms with E-state index in [2.05, 4.69) is 0 Å². The fraction of sp³-hybridized carbons (Fsp3) is 0.857. The van der Waals surface area contributed by atoms with Gasteiger partial charge in [-0.25, -0.2) is 0 Å². The lowest BCUT2D eigenvalue weighted by Gasteiger charge is -2.49. The summed E-state index contributed by atoms with van der Waals surface area (Å²) in [5.74, 6) is -1.03. The Labute approximate surface area is 120 Å². The van der Waals surface area contributed by atoms with Crippen molar-refractivity contribution in [1.29, 1.82) is 0 Å². The highest BCUT2D eigenvalue weighted by atomic mass is 16.6. The Kier molecular flexibility index (Phi) is 5.15. The van der Waals surface area contributed by atoms with E-state index in [0.29, 0.717) is 12.8 Å². The number of carbonyl (C=O) groups excluding carboxylic acids is 2. The number of piperidine rings is 1. The molecule has 1 aliphatic heterocycles. The monoisotopic (exact) mass is 286 g/mol. The molecule has 0 spiro atoms. The van der Waals surface area contributed by atoms with Crippen molar-refractivity contribution in [3.8, 4) is 0 Å². The Balaban J connectivity index is 2.54. The molecule has 0 aromatic heterocycles. The van der Waals surface area contributed by atoms with E-state index in [4.69, 9.17) is 9.47 Å². The fourth-order valence-electron chi connectivity index (χ4n) is 2.88. The molecule has 0 aromatic carbocycles. The largest absolute Gasteiger partial charge is 0.462 e. The summed E-state index contributed by atoms with van der Waals surface area (Å²) in [5.41, 5.74) is -1.19. The molecule has 0 aliphatic carbocycles. The molecular formula is C14H24NO5. The number of esters is 2. The highest BCUT2D eigenvalue weighted by Crippen LogP contribution is 2.40. The van der Waals surface area contributed by atoms with E-state index < -0.39 is 17.0 Å². The van der Waals surface area contributed by atoms with E-state index in [1.54, 1.807) is 0 Å². The van der Waals surface area contributed by atoms with Crippen LogP contribution in [0.25, 0.3) is 0 Å². The summed E-state index contributed by atoms with van der Waals surface area (Å²) < 4.78 is 9.82. The summed E-state index contributed by atoms with van der Waals surface area (Å²) >= 11 is 0. The van der Waals surface area contributed by atoms with Crippen LogP contribution in [0.4, 0.5) is 0 Å². The average Bonchev–Trinajstić information content (AvgIpc) is 2.30. The molecule has 0 unspecified atom stereocenters. The van der Waals surface area contributed by atoms with Crippen LogP contribution in [0, 0.1) is 5.92 Å². The van der Waals surface area contributed by atoms with Gasteiger partial charge in [0.25, 0.3) is 0 Å². The van der Waals surface area contributed by atoms with Crippen LogP contribution in [0.5, 0.6) is 0 Å². The smallest absolute Gasteiger partial charge is 0.309 e. The molecule has 1 aliphatic rings. The maximum Gasteiger partial charge on any atom is 0.309 e. The van der Waals surface area contributed by atoms with Crippen molar-refractivity contribution >= 4 is 11.9 Å². The van der Waals surface area contributed by atoms with Gasteiger partial charge in [0.15, 0.2) is 0 Å². The third-order valence-corrected chi connectivity index (χ3v) is 3.56. The van der Waals surface area contributed by atoms with Gasteiger partial charge in [-0.3, -0.25) is 9.59 Å². The topological polar surface area (TPSA) is 75.7 Å². The number of carbonyl (C=O) groups is 2. The van der Waals surface area contributed by atoms with E-state index in [9.17, 15) is 14.8 Å². The number of hydroxylamine groups is 2. The molecule has 115 valence electrons. The van der Waals surface area contributed by atoms with Crippen molar-refractivity contribution in [2.75, 3.05) is 13.2 Å². The highest BCUT2D eigenvalue weighted by molar-refractivity contribution is 5.73. The highest BCUT2D eigenvalue weighted by Gasteiger charge is 2.48. The van der Waals surface area contributed by atoms with E-state index >= 15 is 0 Å². The summed E-state index contributed by atoms with van der Waals surface area (Å²) in [7, 11) is 0. The molecule has 1 radical (unpaired) electrons. The number of nitrogens with zero attached hydrogens (tertiary/aromatic N) is 1. The molecule has 0 aromatic rings. The van der Waals surface area contributed by atoms with Crippen molar-refractivity contribution in [2.45, 2.75) is 58.5 Å². The molecule has 6 nitrogen and oxygen atoms in total. The van der Waals surface area contributed by atoms with Gasteiger partial charge < -0.3 is 9.47 Å². The Hall–Kier alpha value is -1.14. The average molecular weight is 286 g/mol. The van der Waals surface area contributed by atoms with Gasteiger partial charge in [0.2, 0.25) is 0 Å². The van der Waals surface area contributed by atoms with Crippen LogP contribution in [0.3, 0.4) is 0 Å². The van der Waals surface area contributed by atoms with Crippen LogP contribution in [-0.4, -0.2) is 41.3 Å². The lowest BCUT2D eigenvalue weighted by Crippen LogP contribution is -2.59. The zero-order valence-electron chi connectivity index (χ0n) is 12.9. The van der Waals surface area contributed by atoms with Crippen LogP contribution < -0.4 is 0 Å². The molecule has 1 fully saturated rings. The van der Waals surface area contributed by atoms with Crippen molar-refractivity contribution in [3.05, 3.63) is 0 Å². The van der Waals surface area contributed by atoms with Gasteiger partial charge in [-0.2, -0.15) is 0 Å². The third-order valence-electron chi connectivity index (χ3n) is 3.56. The van der Waals surface area contributed by atoms with Gasteiger partial charge in [0, 0.05) is 18.0 Å². The number of rotatable bonds is 4. The van der Waals surface area contributed by atoms with E-state index in [0.717, 1.165) is 5.06 Å². The number of hydrogen-bond donors (Lipinski definition) is 0. The minimum absolute atomic E-state index is 0.0524. The predicted molar refractivity (Wildman–Crippen MR) is 71.0 cm³/mol. The molecule has 0 amide bonds. The molecule has 0 bridgehead atoms. The van der Waals surface area contributed by atoms with E-state index in [-0.39, 0.29) is 25.1 Å². The second-order valence-electron chi connectivity index (χ2n) is 6.53. The van der Waals surface area contributed by atoms with Crippen LogP contribution in [0.15, 0.2) is 0 Å². The van der Waals surface area contributed by atoms with Crippen molar-refractivity contribution in [3.63, 3.8) is 0 Å². The van der Waals surface area contributed by atoms with Crippen LogP contribution in [-0.2, 0) is 24.3 Å². The molecule has 6 heteroatoms. The zero-order valence-corrected chi connectivity index (χ0v) is 12.9. The molecule has 1 rings (SSSR count). The van der Waals surface area contributed by atoms with Gasteiger partial charge in [-0.1, -0.05) is 0 Å². The standard InChI is InChI=1S/C14H24NO5/c1-10(16)19-6-7-20-12(17)11-8-13(2,3)15(18)14(4,5)9-11/h11H,6-9H2,1-5H3. The second kappa shape index (κ2) is 6.10. The molecular weight excluding hydrogens is 262 g/mol. The van der Waals surface area contributed by atoms with Gasteiger partial charge in [-0.15, -0.1) is 10.3 Å². The normalized spacial score (nSPS) is 22.3. The first-order valence-electron chi connectivity index (χ1n) is 6.84. The minimum atomic E-state index is -0.596. The third kappa shape index (κ3) is 4.18. The maximum atomic E-state index is 12.2. The predicted octanol–water partition coefficient (Wildman–Crippen LogP) is 1.71. The summed E-state index contributed by atoms with van der Waals surface area (Å²) in [6.07, 6.45) is 0.929. The first-order valence-corrected chi connectivity index (χ1v) is 6.84. The summed E-state index contributed by atoms with van der Waals surface area (Å²) in [6, 6.07) is 0. The number of hydrogen-bond acceptors (Lipinski definition) is 5. The van der Waals surface area contributed by atoms with E-state index in [1.165, 1.54) is 6.92 Å². The number of ether oxygens (including phenoxy) is 2. The van der Waals surface area contributed by atoms with Crippen molar-refractivity contribution in [1.82, 2.24) is 5.06 Å². The zero-order chi connectivity index (χ0) is 15.6. The van der Waals surface area contributed by atoms with Crippen LogP contribution in [0.1, 0.15) is 47.5 Å². The van der Waals surface area contributed by atoms with Gasteiger partial charge in [-0.05, 0) is 40.5 Å². The summed E-state index contributed by atoms with van der Waals surface area (Å²) in [4.78, 5) is 22.6. The molecule has 1 heterocycles. The fourth-order valence-corrected chi connectivity index (χ4v) is 2.88. The summed E-state index contributed by atoms with van der Waals surface area (Å²) in [5, 5.41) is 13.3. The second-order valence-corrected chi connectivity index (χ2v) is 6.53. The first-order chi connectivity index (χ1) is 9.06. The Bertz CT molecular complexity index is 360. The lowest BCUT2D eigenvalue weighted by atomic mass is 9.75. The molecule has 0 saturated carbocycles. The van der Waals surface area contributed by atoms with Crippen molar-refractivity contribution < 1.29 is 24.3 Å². The quantitative estimate of drug-likeness (QED) is 0.581. The van der Waals surface area contributed by atoms with Gasteiger partial charge >= 0.3 is 11.9 Å². The first kappa shape index (κ1) is 16.9. The Morgan fingerprint density at radius 2 is 1.50 bits per heavy atom. The van der Waals surface area contributed by atoms with Crippen LogP contribution >= 0.6 is 0 Å². The summed E-state index contributed by atoms with van der Waals surface area (Å²) in [6.45, 7) is 8.75. The molecule has 20 heavy (non-hydrogen) atoms. The van der Waals surface area contributed by atoms with Crippen molar-refractivity contribution in [2.24, 2.45) is 5.92 Å². The Morgan fingerprint density at radius 3 is 1.95 bits per heavy atom. The Morgan fingerprint density at radius 1 is 1.05 bits per heavy atom. The molecule has 0 atom stereocenters. The molecule has 1 saturated heterocycles. The minimum Gasteiger partial charge on any atom is -0.462 e. The SMILES string of the molecule is CC(=O)OCCOC(=O)C1CC(C)(C)N([O])C(C)(C)C1. The lowest BCUT2D eigenvalue weighted by molar-refractivity contribution is -0.293. The van der Waals surface area contributed by atoms with Crippen LogP contribution in [0.2, 0.25) is 0 Å².